The van der Waals surface area contributed by atoms with Crippen molar-refractivity contribution in [3.63, 3.8) is 0 Å². The Kier molecular flexibility index (Phi) is 3.55. The molecule has 4 nitrogen and oxygen atoms in total. The summed E-state index contributed by atoms with van der Waals surface area (Å²) >= 11 is 0. The molecule has 0 fully saturated rings. The van der Waals surface area contributed by atoms with Crippen LogP contribution in [-0.2, 0) is 0 Å². The molecule has 0 aromatic heterocycles. The van der Waals surface area contributed by atoms with Crippen LogP contribution in [0.25, 0.3) is 0 Å². The zero-order valence-electron chi connectivity index (χ0n) is 9.77. The second kappa shape index (κ2) is 4.53. The number of anilines is 1. The predicted octanol–water partition coefficient (Wildman–Crippen LogP) is 1.59. The number of carbonyl (C=O) groups is 1. The molecule has 4 heteroatoms. The fraction of sp³-hybridized carbons (Fsp3) is 0.417. The van der Waals surface area contributed by atoms with Crippen LogP contribution >= 0.6 is 0 Å². The summed E-state index contributed by atoms with van der Waals surface area (Å²) in [5, 5.41) is 18.4. The second-order valence-corrected chi connectivity index (χ2v) is 4.52. The van der Waals surface area contributed by atoms with Crippen LogP contribution in [0.5, 0.6) is 0 Å². The first-order valence-corrected chi connectivity index (χ1v) is 5.06. The number of aliphatic hydroxyl groups is 1. The molecule has 0 saturated heterocycles. The number of likely N-dealkylation sites (N-methyl/N-ethyl adjacent to an activating group) is 1. The van der Waals surface area contributed by atoms with E-state index in [1.807, 2.05) is 11.9 Å². The minimum absolute atomic E-state index is 0.264. The Morgan fingerprint density at radius 2 is 1.81 bits per heavy atom. The van der Waals surface area contributed by atoms with Crippen molar-refractivity contribution >= 4 is 11.7 Å². The number of carboxylic acids is 1. The van der Waals surface area contributed by atoms with Crippen LogP contribution in [0.15, 0.2) is 24.3 Å². The maximum atomic E-state index is 10.7. The van der Waals surface area contributed by atoms with Gasteiger partial charge in [-0.2, -0.15) is 0 Å². The van der Waals surface area contributed by atoms with E-state index in [9.17, 15) is 9.90 Å². The van der Waals surface area contributed by atoms with E-state index in [2.05, 4.69) is 0 Å². The second-order valence-electron chi connectivity index (χ2n) is 4.52. The van der Waals surface area contributed by atoms with Gasteiger partial charge in [-0.25, -0.2) is 4.79 Å². The third kappa shape index (κ3) is 3.55. The first-order valence-electron chi connectivity index (χ1n) is 5.06. The van der Waals surface area contributed by atoms with Gasteiger partial charge in [-0.1, -0.05) is 0 Å². The topological polar surface area (TPSA) is 60.8 Å². The Labute approximate surface area is 95.1 Å². The van der Waals surface area contributed by atoms with Crippen LogP contribution in [0.1, 0.15) is 24.2 Å². The van der Waals surface area contributed by atoms with Gasteiger partial charge >= 0.3 is 5.97 Å². The molecule has 0 saturated carbocycles. The minimum Gasteiger partial charge on any atom is -0.478 e. The molecule has 0 atom stereocenters. The number of nitrogens with zero attached hydrogens (tertiary/aromatic N) is 1. The van der Waals surface area contributed by atoms with Crippen LogP contribution in [0.2, 0.25) is 0 Å². The molecule has 1 aromatic rings. The number of hydrogen-bond donors (Lipinski definition) is 2. The summed E-state index contributed by atoms with van der Waals surface area (Å²) in [6, 6.07) is 6.57. The molecule has 16 heavy (non-hydrogen) atoms. The third-order valence-electron chi connectivity index (χ3n) is 2.18. The summed E-state index contributed by atoms with van der Waals surface area (Å²) in [7, 11) is 1.85. The highest BCUT2D eigenvalue weighted by Gasteiger charge is 2.16. The molecule has 2 N–H and O–H groups in total. The van der Waals surface area contributed by atoms with Gasteiger partial charge in [0.2, 0.25) is 0 Å². The lowest BCUT2D eigenvalue weighted by Gasteiger charge is -2.27. The van der Waals surface area contributed by atoms with Crippen LogP contribution < -0.4 is 4.90 Å². The Hall–Kier alpha value is -1.55. The van der Waals surface area contributed by atoms with Crippen molar-refractivity contribution in [2.75, 3.05) is 18.5 Å². The third-order valence-corrected chi connectivity index (χ3v) is 2.18. The zero-order chi connectivity index (χ0) is 12.3. The van der Waals surface area contributed by atoms with Gasteiger partial charge in [-0.3, -0.25) is 0 Å². The first kappa shape index (κ1) is 12.5. The van der Waals surface area contributed by atoms with Crippen molar-refractivity contribution < 1.29 is 15.0 Å². The molecular formula is C12H17NO3. The number of aromatic carboxylic acids is 1. The zero-order valence-corrected chi connectivity index (χ0v) is 9.77. The SMILES string of the molecule is CN(CC(C)(C)O)c1ccc(C(=O)O)cc1. The number of benzene rings is 1. The standard InChI is InChI=1S/C12H17NO3/c1-12(2,16)8-13(3)10-6-4-9(5-7-10)11(14)15/h4-7,16H,8H2,1-3H3,(H,14,15). The number of hydrogen-bond acceptors (Lipinski definition) is 3. The van der Waals surface area contributed by atoms with E-state index in [0.717, 1.165) is 5.69 Å². The molecule has 0 amide bonds. The van der Waals surface area contributed by atoms with Crippen LogP contribution in [0, 0.1) is 0 Å². The molecule has 1 rings (SSSR count). The summed E-state index contributed by atoms with van der Waals surface area (Å²) in [6.07, 6.45) is 0. The van der Waals surface area contributed by atoms with Gasteiger partial charge in [0.25, 0.3) is 0 Å². The van der Waals surface area contributed by atoms with Crippen molar-refractivity contribution in [2.45, 2.75) is 19.4 Å². The highest BCUT2D eigenvalue weighted by Crippen LogP contribution is 2.16. The summed E-state index contributed by atoms with van der Waals surface area (Å²) in [5.41, 5.74) is 0.368. The normalized spacial score (nSPS) is 11.2. The van der Waals surface area contributed by atoms with Gasteiger partial charge in [-0.05, 0) is 38.1 Å². The Balaban J connectivity index is 2.78. The average molecular weight is 223 g/mol. The van der Waals surface area contributed by atoms with E-state index in [4.69, 9.17) is 5.11 Å². The van der Waals surface area contributed by atoms with Gasteiger partial charge in [0.1, 0.15) is 0 Å². The van der Waals surface area contributed by atoms with Gasteiger partial charge in [-0.15, -0.1) is 0 Å². The van der Waals surface area contributed by atoms with E-state index < -0.39 is 11.6 Å². The molecule has 0 unspecified atom stereocenters. The Morgan fingerprint density at radius 1 is 1.31 bits per heavy atom. The lowest BCUT2D eigenvalue weighted by molar-refractivity contribution is 0.0696. The monoisotopic (exact) mass is 223 g/mol. The van der Waals surface area contributed by atoms with Gasteiger partial charge in [0.05, 0.1) is 11.2 Å². The van der Waals surface area contributed by atoms with E-state index >= 15 is 0 Å². The quantitative estimate of drug-likeness (QED) is 0.813. The van der Waals surface area contributed by atoms with Gasteiger partial charge in [0, 0.05) is 19.3 Å². The predicted molar refractivity (Wildman–Crippen MR) is 63.0 cm³/mol. The van der Waals surface area contributed by atoms with Crippen LogP contribution in [-0.4, -0.2) is 35.4 Å². The molecule has 0 aliphatic rings. The average Bonchev–Trinajstić information content (AvgIpc) is 2.15. The molecule has 0 heterocycles. The minimum atomic E-state index is -0.934. The summed E-state index contributed by atoms with van der Waals surface area (Å²) in [4.78, 5) is 12.5. The Morgan fingerprint density at radius 3 is 2.19 bits per heavy atom. The lowest BCUT2D eigenvalue weighted by Crippen LogP contribution is -2.36. The summed E-state index contributed by atoms with van der Waals surface area (Å²) in [6.45, 7) is 3.95. The van der Waals surface area contributed by atoms with Gasteiger partial charge < -0.3 is 15.1 Å². The molecule has 0 radical (unpaired) electrons. The lowest BCUT2D eigenvalue weighted by atomic mass is 10.1. The van der Waals surface area contributed by atoms with E-state index in [-0.39, 0.29) is 5.56 Å². The molecular weight excluding hydrogens is 206 g/mol. The molecule has 0 spiro atoms. The van der Waals surface area contributed by atoms with E-state index in [1.54, 1.807) is 38.1 Å². The number of carboxylic acid groups (broad SMARTS) is 1. The van der Waals surface area contributed by atoms with E-state index in [0.29, 0.717) is 6.54 Å². The molecule has 0 aliphatic heterocycles. The van der Waals surface area contributed by atoms with Crippen molar-refractivity contribution in [3.05, 3.63) is 29.8 Å². The maximum Gasteiger partial charge on any atom is 0.335 e. The molecule has 0 bridgehead atoms. The van der Waals surface area contributed by atoms with Crippen LogP contribution in [0.4, 0.5) is 5.69 Å². The molecule has 1 aromatic carbocycles. The largest absolute Gasteiger partial charge is 0.478 e. The molecule has 0 aliphatic carbocycles. The Bertz CT molecular complexity index is 365. The van der Waals surface area contributed by atoms with Crippen molar-refractivity contribution in [1.82, 2.24) is 0 Å². The van der Waals surface area contributed by atoms with Crippen molar-refractivity contribution in [2.24, 2.45) is 0 Å². The maximum absolute atomic E-state index is 10.7. The van der Waals surface area contributed by atoms with Crippen molar-refractivity contribution in [1.29, 1.82) is 0 Å². The molecule has 88 valence electrons. The van der Waals surface area contributed by atoms with Crippen molar-refractivity contribution in [3.8, 4) is 0 Å². The van der Waals surface area contributed by atoms with E-state index in [1.165, 1.54) is 0 Å². The highest BCUT2D eigenvalue weighted by atomic mass is 16.4. The summed E-state index contributed by atoms with van der Waals surface area (Å²) in [5.74, 6) is -0.934. The van der Waals surface area contributed by atoms with Crippen LogP contribution in [0.3, 0.4) is 0 Å². The fourth-order valence-corrected chi connectivity index (χ4v) is 1.53. The van der Waals surface area contributed by atoms with Gasteiger partial charge in [0.15, 0.2) is 0 Å². The highest BCUT2D eigenvalue weighted by molar-refractivity contribution is 5.88. The fourth-order valence-electron chi connectivity index (χ4n) is 1.53. The summed E-state index contributed by atoms with van der Waals surface area (Å²) < 4.78 is 0. The smallest absolute Gasteiger partial charge is 0.335 e. The number of rotatable bonds is 4. The first-order chi connectivity index (χ1) is 7.29.